The lowest BCUT2D eigenvalue weighted by atomic mass is 9.90. The van der Waals surface area contributed by atoms with Gasteiger partial charge in [-0.1, -0.05) is 60.7 Å². The molecule has 0 aliphatic heterocycles. The van der Waals surface area contributed by atoms with Crippen molar-refractivity contribution in [1.82, 2.24) is 10.6 Å². The van der Waals surface area contributed by atoms with Crippen LogP contribution in [0.2, 0.25) is 0 Å². The molecule has 2 aromatic rings. The summed E-state index contributed by atoms with van der Waals surface area (Å²) in [6.45, 7) is 0.224. The molecule has 1 fully saturated rings. The van der Waals surface area contributed by atoms with Crippen molar-refractivity contribution >= 4 is 18.0 Å². The molecule has 7 nitrogen and oxygen atoms in total. The Bertz CT molecular complexity index is 1090. The number of allylic oxidation sites excluding steroid dienone is 1. The lowest BCUT2D eigenvalue weighted by Crippen LogP contribution is -2.47. The zero-order chi connectivity index (χ0) is 23.0. The van der Waals surface area contributed by atoms with Crippen molar-refractivity contribution < 1.29 is 24.2 Å². The SMILES string of the molecule is O=C(NC1C=CCC(C(=O)NC2(C(=O)O)CC2)C1)OCC1c2ccccc2-c2ccccc21. The second kappa shape index (κ2) is 8.39. The van der Waals surface area contributed by atoms with Crippen LogP contribution in [0.1, 0.15) is 42.7 Å². The first-order valence-electron chi connectivity index (χ1n) is 11.3. The zero-order valence-corrected chi connectivity index (χ0v) is 18.1. The van der Waals surface area contributed by atoms with Crippen LogP contribution >= 0.6 is 0 Å². The van der Waals surface area contributed by atoms with E-state index in [-0.39, 0.29) is 30.4 Å². The molecule has 0 spiro atoms. The molecule has 2 atom stereocenters. The fraction of sp³-hybridized carbons (Fsp3) is 0.346. The van der Waals surface area contributed by atoms with Crippen LogP contribution in [0.4, 0.5) is 4.79 Å². The molecular weight excluding hydrogens is 420 g/mol. The molecule has 3 N–H and O–H groups in total. The van der Waals surface area contributed by atoms with Crippen LogP contribution in [0.25, 0.3) is 11.1 Å². The molecule has 1 saturated carbocycles. The Labute approximate surface area is 191 Å². The van der Waals surface area contributed by atoms with E-state index in [0.717, 1.165) is 11.1 Å². The predicted octanol–water partition coefficient (Wildman–Crippen LogP) is 3.59. The van der Waals surface area contributed by atoms with Gasteiger partial charge in [-0.2, -0.15) is 0 Å². The van der Waals surface area contributed by atoms with Crippen molar-refractivity contribution in [1.29, 1.82) is 0 Å². The maximum absolute atomic E-state index is 12.6. The molecule has 0 aromatic heterocycles. The van der Waals surface area contributed by atoms with Gasteiger partial charge in [0, 0.05) is 11.8 Å². The maximum Gasteiger partial charge on any atom is 0.407 e. The summed E-state index contributed by atoms with van der Waals surface area (Å²) in [5.74, 6) is -1.67. The zero-order valence-electron chi connectivity index (χ0n) is 18.1. The molecule has 3 aliphatic rings. The molecule has 0 radical (unpaired) electrons. The van der Waals surface area contributed by atoms with E-state index in [9.17, 15) is 19.5 Å². The molecule has 33 heavy (non-hydrogen) atoms. The number of carbonyl (C=O) groups excluding carboxylic acids is 2. The van der Waals surface area contributed by atoms with Gasteiger partial charge in [0.15, 0.2) is 0 Å². The van der Waals surface area contributed by atoms with E-state index in [1.807, 2.05) is 36.4 Å². The van der Waals surface area contributed by atoms with Crippen molar-refractivity contribution in [2.45, 2.75) is 43.2 Å². The summed E-state index contributed by atoms with van der Waals surface area (Å²) in [6.07, 6.45) is 5.01. The monoisotopic (exact) mass is 446 g/mol. The molecule has 0 heterocycles. The molecule has 0 bridgehead atoms. The van der Waals surface area contributed by atoms with E-state index in [1.54, 1.807) is 0 Å². The van der Waals surface area contributed by atoms with E-state index in [1.165, 1.54) is 11.1 Å². The molecule has 2 aromatic carbocycles. The van der Waals surface area contributed by atoms with Crippen molar-refractivity contribution in [2.75, 3.05) is 6.61 Å². The number of rotatable bonds is 6. The second-order valence-electron chi connectivity index (χ2n) is 9.05. The van der Waals surface area contributed by atoms with Crippen molar-refractivity contribution in [3.8, 4) is 11.1 Å². The average Bonchev–Trinajstić information content (AvgIpc) is 3.54. The third-order valence-electron chi connectivity index (χ3n) is 6.87. The molecule has 170 valence electrons. The van der Waals surface area contributed by atoms with Gasteiger partial charge in [0.2, 0.25) is 5.91 Å². The first-order valence-corrected chi connectivity index (χ1v) is 11.3. The van der Waals surface area contributed by atoms with E-state index < -0.39 is 17.6 Å². The minimum Gasteiger partial charge on any atom is -0.480 e. The number of ether oxygens (including phenoxy) is 1. The number of benzene rings is 2. The Hall–Kier alpha value is -3.61. The highest BCUT2D eigenvalue weighted by molar-refractivity contribution is 5.90. The van der Waals surface area contributed by atoms with Gasteiger partial charge < -0.3 is 20.5 Å². The van der Waals surface area contributed by atoms with Gasteiger partial charge in [-0.15, -0.1) is 0 Å². The van der Waals surface area contributed by atoms with Crippen LogP contribution in [-0.4, -0.2) is 41.3 Å². The fourth-order valence-corrected chi connectivity index (χ4v) is 4.86. The quantitative estimate of drug-likeness (QED) is 0.588. The van der Waals surface area contributed by atoms with Crippen molar-refractivity contribution in [3.63, 3.8) is 0 Å². The normalized spacial score (nSPS) is 22.1. The van der Waals surface area contributed by atoms with Crippen LogP contribution in [-0.2, 0) is 14.3 Å². The average molecular weight is 447 g/mol. The fourth-order valence-electron chi connectivity index (χ4n) is 4.86. The largest absolute Gasteiger partial charge is 0.480 e. The summed E-state index contributed by atoms with van der Waals surface area (Å²) in [6, 6.07) is 16.0. The summed E-state index contributed by atoms with van der Waals surface area (Å²) in [5, 5.41) is 14.8. The van der Waals surface area contributed by atoms with Gasteiger partial charge in [0.1, 0.15) is 12.1 Å². The lowest BCUT2D eigenvalue weighted by Gasteiger charge is -2.26. The number of amides is 2. The number of aliphatic carboxylic acids is 1. The van der Waals surface area contributed by atoms with Crippen LogP contribution in [0.15, 0.2) is 60.7 Å². The number of carboxylic acid groups (broad SMARTS) is 1. The standard InChI is InChI=1S/C26H26N2O5/c29-23(28-26(12-13-26)24(30)31)16-6-5-7-17(14-16)27-25(32)33-15-22-20-10-3-1-8-18(20)19-9-2-4-11-21(19)22/h1-5,7-11,16-17,22H,6,12-15H2,(H,27,32)(H,28,29)(H,30,31). The second-order valence-corrected chi connectivity index (χ2v) is 9.05. The van der Waals surface area contributed by atoms with E-state index >= 15 is 0 Å². The maximum atomic E-state index is 12.6. The molecule has 0 saturated heterocycles. The van der Waals surface area contributed by atoms with Gasteiger partial charge in [-0.25, -0.2) is 9.59 Å². The van der Waals surface area contributed by atoms with Gasteiger partial charge in [0.25, 0.3) is 0 Å². The molecule has 3 aliphatic carbocycles. The first-order chi connectivity index (χ1) is 16.0. The van der Waals surface area contributed by atoms with Gasteiger partial charge >= 0.3 is 12.1 Å². The predicted molar refractivity (Wildman–Crippen MR) is 122 cm³/mol. The number of fused-ring (bicyclic) bond motifs is 3. The minimum absolute atomic E-state index is 0.0191. The number of carbonyl (C=O) groups is 3. The topological polar surface area (TPSA) is 105 Å². The van der Waals surface area contributed by atoms with Crippen LogP contribution in [0, 0.1) is 5.92 Å². The molecular formula is C26H26N2O5. The third-order valence-corrected chi connectivity index (χ3v) is 6.87. The Balaban J connectivity index is 1.17. The molecule has 7 heteroatoms. The summed E-state index contributed by atoms with van der Waals surface area (Å²) < 4.78 is 5.60. The molecule has 5 rings (SSSR count). The van der Waals surface area contributed by atoms with Crippen molar-refractivity contribution in [3.05, 3.63) is 71.8 Å². The van der Waals surface area contributed by atoms with Crippen LogP contribution in [0.3, 0.4) is 0 Å². The Morgan fingerprint density at radius 2 is 1.64 bits per heavy atom. The smallest absolute Gasteiger partial charge is 0.407 e. The third kappa shape index (κ3) is 4.11. The number of nitrogens with one attached hydrogen (secondary N) is 2. The van der Waals surface area contributed by atoms with Gasteiger partial charge in [-0.05, 0) is 47.9 Å². The Kier molecular flexibility index (Phi) is 5.40. The van der Waals surface area contributed by atoms with Gasteiger partial charge in [0.05, 0.1) is 6.04 Å². The highest BCUT2D eigenvalue weighted by atomic mass is 16.5. The summed E-state index contributed by atoms with van der Waals surface area (Å²) >= 11 is 0. The molecule has 2 unspecified atom stereocenters. The highest BCUT2D eigenvalue weighted by Gasteiger charge is 2.52. The Morgan fingerprint density at radius 3 is 2.24 bits per heavy atom. The van der Waals surface area contributed by atoms with Gasteiger partial charge in [-0.3, -0.25) is 4.79 Å². The number of hydrogen-bond acceptors (Lipinski definition) is 4. The highest BCUT2D eigenvalue weighted by Crippen LogP contribution is 2.44. The van der Waals surface area contributed by atoms with E-state index in [4.69, 9.17) is 4.74 Å². The summed E-state index contributed by atoms with van der Waals surface area (Å²) in [5.41, 5.74) is 3.52. The van der Waals surface area contributed by atoms with Crippen molar-refractivity contribution in [2.24, 2.45) is 5.92 Å². The lowest BCUT2D eigenvalue weighted by molar-refractivity contribution is -0.143. The van der Waals surface area contributed by atoms with E-state index in [2.05, 4.69) is 34.9 Å². The summed E-state index contributed by atoms with van der Waals surface area (Å²) in [7, 11) is 0. The number of carboxylic acids is 1. The van der Waals surface area contributed by atoms with Crippen LogP contribution in [0.5, 0.6) is 0 Å². The minimum atomic E-state index is -1.10. The Morgan fingerprint density at radius 1 is 1.00 bits per heavy atom. The summed E-state index contributed by atoms with van der Waals surface area (Å²) in [4.78, 5) is 36.5. The number of hydrogen-bond donors (Lipinski definition) is 3. The van der Waals surface area contributed by atoms with Crippen LogP contribution < -0.4 is 10.6 Å². The first kappa shape index (κ1) is 21.2. The van der Waals surface area contributed by atoms with E-state index in [0.29, 0.717) is 25.7 Å². The molecule has 2 amide bonds. The number of alkyl carbamates (subject to hydrolysis) is 1.